The summed E-state index contributed by atoms with van der Waals surface area (Å²) in [5.74, 6) is -0.340. The van der Waals surface area contributed by atoms with Gasteiger partial charge in [0.25, 0.3) is 5.60 Å². The summed E-state index contributed by atoms with van der Waals surface area (Å²) in [5.41, 5.74) is -3.66. The van der Waals surface area contributed by atoms with Gasteiger partial charge in [-0.3, -0.25) is 5.32 Å². The summed E-state index contributed by atoms with van der Waals surface area (Å²) in [4.78, 5) is 11.6. The predicted octanol–water partition coefficient (Wildman–Crippen LogP) is 4.58. The highest BCUT2D eigenvalue weighted by Gasteiger charge is 2.66. The fraction of sp³-hybridized carbons (Fsp3) is 0.400. The molecule has 0 unspecified atom stereocenters. The summed E-state index contributed by atoms with van der Waals surface area (Å²) in [6.45, 7) is 8.64. The van der Waals surface area contributed by atoms with E-state index in [0.29, 0.717) is 12.8 Å². The van der Waals surface area contributed by atoms with Gasteiger partial charge in [-0.05, 0) is 37.3 Å². The molecule has 0 aromatic carbocycles. The average molecular weight is 334 g/mol. The van der Waals surface area contributed by atoms with Gasteiger partial charge < -0.3 is 4.74 Å². The SMILES string of the molecule is C=C1NC(=O)O[C@](C(=C)C2CC2)(C(F)(F)F)/C1=C/C(Cl)=C\C. The molecule has 1 atom stereocenters. The number of carbonyl (C=O) groups excluding carboxylic acids is 1. The Labute approximate surface area is 131 Å². The van der Waals surface area contributed by atoms with Crippen LogP contribution in [0.5, 0.6) is 0 Å². The minimum atomic E-state index is -4.87. The zero-order chi connectivity index (χ0) is 16.7. The van der Waals surface area contributed by atoms with Crippen molar-refractivity contribution in [2.75, 3.05) is 0 Å². The number of carbonyl (C=O) groups is 1. The fourth-order valence-electron chi connectivity index (χ4n) is 2.38. The maximum absolute atomic E-state index is 13.9. The first-order chi connectivity index (χ1) is 10.1. The van der Waals surface area contributed by atoms with Crippen molar-refractivity contribution in [3.05, 3.63) is 47.2 Å². The second-order valence-electron chi connectivity index (χ2n) is 5.20. The molecule has 2 aliphatic rings. The lowest BCUT2D eigenvalue weighted by molar-refractivity contribution is -0.231. The Balaban J connectivity index is 2.68. The van der Waals surface area contributed by atoms with Gasteiger partial charge in [-0.15, -0.1) is 0 Å². The fourth-order valence-corrected chi connectivity index (χ4v) is 2.49. The average Bonchev–Trinajstić information content (AvgIpc) is 3.23. The molecule has 2 rings (SSSR count). The number of halogens is 4. The maximum atomic E-state index is 13.9. The van der Waals surface area contributed by atoms with E-state index in [0.717, 1.165) is 6.08 Å². The molecule has 1 heterocycles. The lowest BCUT2D eigenvalue weighted by Gasteiger charge is -2.42. The van der Waals surface area contributed by atoms with Crippen molar-refractivity contribution in [3.8, 4) is 0 Å². The molecule has 7 heteroatoms. The molecule has 1 aliphatic heterocycles. The van der Waals surface area contributed by atoms with Crippen LogP contribution in [0.3, 0.4) is 0 Å². The minimum absolute atomic E-state index is 0.0770. The number of alkyl carbamates (subject to hydrolysis) is 1. The van der Waals surface area contributed by atoms with E-state index >= 15 is 0 Å². The number of alkyl halides is 3. The summed E-state index contributed by atoms with van der Waals surface area (Å²) >= 11 is 5.86. The summed E-state index contributed by atoms with van der Waals surface area (Å²) in [5, 5.41) is 2.23. The van der Waals surface area contributed by atoms with Gasteiger partial charge in [0.1, 0.15) is 0 Å². The third kappa shape index (κ3) is 2.67. The highest BCUT2D eigenvalue weighted by atomic mass is 35.5. The van der Waals surface area contributed by atoms with E-state index in [4.69, 9.17) is 16.3 Å². The van der Waals surface area contributed by atoms with Crippen LogP contribution in [0, 0.1) is 5.92 Å². The zero-order valence-electron chi connectivity index (χ0n) is 11.9. The Morgan fingerprint density at radius 1 is 1.50 bits per heavy atom. The number of ether oxygens (including phenoxy) is 1. The van der Waals surface area contributed by atoms with Crippen LogP contribution < -0.4 is 5.32 Å². The molecule has 0 aromatic heterocycles. The smallest absolute Gasteiger partial charge is 0.423 e. The summed E-state index contributed by atoms with van der Waals surface area (Å²) in [7, 11) is 0. The first kappa shape index (κ1) is 16.7. The quantitative estimate of drug-likeness (QED) is 0.768. The first-order valence-corrected chi connectivity index (χ1v) is 7.00. The minimum Gasteiger partial charge on any atom is -0.423 e. The molecule has 0 radical (unpaired) electrons. The van der Waals surface area contributed by atoms with Crippen molar-refractivity contribution in [3.63, 3.8) is 0 Å². The van der Waals surface area contributed by atoms with E-state index in [1.165, 1.54) is 6.08 Å². The van der Waals surface area contributed by atoms with Gasteiger partial charge in [-0.25, -0.2) is 4.79 Å². The second kappa shape index (κ2) is 5.50. The molecular formula is C15H15ClF3NO2. The van der Waals surface area contributed by atoms with Crippen LogP contribution in [0.4, 0.5) is 18.0 Å². The predicted molar refractivity (Wildman–Crippen MR) is 77.1 cm³/mol. The lowest BCUT2D eigenvalue weighted by atomic mass is 9.80. The summed E-state index contributed by atoms with van der Waals surface area (Å²) < 4.78 is 46.4. The number of rotatable bonds is 3. The van der Waals surface area contributed by atoms with Crippen LogP contribution in [0.2, 0.25) is 0 Å². The van der Waals surface area contributed by atoms with Gasteiger partial charge in [0.05, 0.1) is 0 Å². The van der Waals surface area contributed by atoms with Crippen LogP contribution in [0.1, 0.15) is 19.8 Å². The summed E-state index contributed by atoms with van der Waals surface area (Å²) in [6, 6.07) is 0. The lowest BCUT2D eigenvalue weighted by Crippen LogP contribution is -2.58. The molecule has 3 nitrogen and oxygen atoms in total. The number of nitrogens with one attached hydrogen (secondary N) is 1. The molecule has 1 N–H and O–H groups in total. The van der Waals surface area contributed by atoms with E-state index in [2.05, 4.69) is 18.5 Å². The number of cyclic esters (lactones) is 1. The highest BCUT2D eigenvalue weighted by molar-refractivity contribution is 6.31. The van der Waals surface area contributed by atoms with Gasteiger partial charge in [0, 0.05) is 16.3 Å². The van der Waals surface area contributed by atoms with Crippen molar-refractivity contribution < 1.29 is 22.7 Å². The Hall–Kier alpha value is -1.69. The van der Waals surface area contributed by atoms with Gasteiger partial charge in [0.15, 0.2) is 0 Å². The Morgan fingerprint density at radius 3 is 2.55 bits per heavy atom. The zero-order valence-corrected chi connectivity index (χ0v) is 12.6. The van der Waals surface area contributed by atoms with Crippen LogP contribution in [0.25, 0.3) is 0 Å². The molecule has 1 saturated carbocycles. The maximum Gasteiger partial charge on any atom is 0.437 e. The van der Waals surface area contributed by atoms with Gasteiger partial charge >= 0.3 is 12.3 Å². The molecule has 2 fully saturated rings. The van der Waals surface area contributed by atoms with Gasteiger partial charge in [0.2, 0.25) is 0 Å². The Bertz CT molecular complexity index is 602. The monoisotopic (exact) mass is 333 g/mol. The number of hydrogen-bond donors (Lipinski definition) is 1. The molecule has 1 saturated heterocycles. The van der Waals surface area contributed by atoms with Crippen molar-refractivity contribution in [2.24, 2.45) is 5.92 Å². The standard InChI is InChI=1S/C15H15ClF3NO2/c1-4-11(16)7-12-9(3)20-13(21)22-14(12,15(17,18)19)8(2)10-5-6-10/h4,7,10H,2-3,5-6H2,1H3,(H,20,21)/b11-4+,12-7+/t14-/m0/s1. The van der Waals surface area contributed by atoms with Crippen LogP contribution in [0.15, 0.2) is 47.2 Å². The normalized spacial score (nSPS) is 28.4. The van der Waals surface area contributed by atoms with Crippen LogP contribution in [-0.4, -0.2) is 17.9 Å². The van der Waals surface area contributed by atoms with Crippen molar-refractivity contribution in [2.45, 2.75) is 31.5 Å². The molecule has 22 heavy (non-hydrogen) atoms. The number of allylic oxidation sites excluding steroid dienone is 3. The number of hydrogen-bond acceptors (Lipinski definition) is 2. The highest BCUT2D eigenvalue weighted by Crippen LogP contribution is 2.54. The Morgan fingerprint density at radius 2 is 2.09 bits per heavy atom. The second-order valence-corrected chi connectivity index (χ2v) is 5.64. The largest absolute Gasteiger partial charge is 0.437 e. The van der Waals surface area contributed by atoms with Crippen molar-refractivity contribution in [1.29, 1.82) is 0 Å². The topological polar surface area (TPSA) is 38.3 Å². The molecule has 120 valence electrons. The van der Waals surface area contributed by atoms with E-state index in [-0.39, 0.29) is 27.8 Å². The molecular weight excluding hydrogens is 319 g/mol. The molecule has 0 bridgehead atoms. The molecule has 1 amide bonds. The van der Waals surface area contributed by atoms with Crippen molar-refractivity contribution in [1.82, 2.24) is 5.32 Å². The molecule has 0 spiro atoms. The molecule has 1 aliphatic carbocycles. The third-order valence-corrected chi connectivity index (χ3v) is 4.01. The van der Waals surface area contributed by atoms with Gasteiger partial charge in [-0.1, -0.05) is 30.8 Å². The first-order valence-electron chi connectivity index (χ1n) is 6.62. The van der Waals surface area contributed by atoms with E-state index < -0.39 is 17.9 Å². The Kier molecular flexibility index (Phi) is 4.17. The summed E-state index contributed by atoms with van der Waals surface area (Å²) in [6.07, 6.45) is -2.39. The van der Waals surface area contributed by atoms with Gasteiger partial charge in [-0.2, -0.15) is 13.2 Å². The number of amides is 1. The van der Waals surface area contributed by atoms with E-state index in [1.54, 1.807) is 6.92 Å². The van der Waals surface area contributed by atoms with Crippen LogP contribution in [-0.2, 0) is 4.74 Å². The van der Waals surface area contributed by atoms with Crippen molar-refractivity contribution >= 4 is 17.7 Å². The van der Waals surface area contributed by atoms with E-state index in [9.17, 15) is 18.0 Å². The molecule has 0 aromatic rings. The van der Waals surface area contributed by atoms with E-state index in [1.807, 2.05) is 0 Å². The van der Waals surface area contributed by atoms with Crippen LogP contribution >= 0.6 is 11.6 Å². The third-order valence-electron chi connectivity index (χ3n) is 3.68.